The van der Waals surface area contributed by atoms with Crippen LogP contribution in [0.5, 0.6) is 0 Å². The van der Waals surface area contributed by atoms with Crippen molar-refractivity contribution in [3.8, 4) is 0 Å². The molecule has 0 saturated heterocycles. The summed E-state index contributed by atoms with van der Waals surface area (Å²) < 4.78 is 27.9. The van der Waals surface area contributed by atoms with Crippen LogP contribution in [-0.4, -0.2) is 43.2 Å². The molecule has 0 heterocycles. The number of sulfonamides is 1. The van der Waals surface area contributed by atoms with Crippen LogP contribution in [0.25, 0.3) is 0 Å². The maximum atomic E-state index is 12.6. The van der Waals surface area contributed by atoms with Crippen LogP contribution in [0, 0.1) is 0 Å². The Hall–Kier alpha value is -1.31. The third kappa shape index (κ3) is 5.11. The highest BCUT2D eigenvalue weighted by molar-refractivity contribution is 7.89. The van der Waals surface area contributed by atoms with Gasteiger partial charge in [-0.15, -0.1) is 0 Å². The van der Waals surface area contributed by atoms with Crippen molar-refractivity contribution in [3.05, 3.63) is 58.1 Å². The van der Waals surface area contributed by atoms with Crippen molar-refractivity contribution in [2.75, 3.05) is 39.6 Å². The SMILES string of the molecule is CN(C)c1ccc([C@H](CNS(=O)(=O)c2cc(Cl)ccc2Cl)[NH+](C)C)cc1. The van der Waals surface area contributed by atoms with Crippen LogP contribution >= 0.6 is 23.2 Å². The molecular weight excluding hydrogens is 393 g/mol. The molecular formula is C18H24Cl2N3O2S+. The summed E-state index contributed by atoms with van der Waals surface area (Å²) >= 11 is 11.9. The molecule has 1 atom stereocenters. The lowest BCUT2D eigenvalue weighted by Gasteiger charge is -2.23. The van der Waals surface area contributed by atoms with Crippen LogP contribution < -0.4 is 14.5 Å². The number of hydrogen-bond donors (Lipinski definition) is 2. The number of likely N-dealkylation sites (N-methyl/N-ethyl adjacent to an activating group) is 1. The van der Waals surface area contributed by atoms with Gasteiger partial charge >= 0.3 is 0 Å². The topological polar surface area (TPSA) is 53.9 Å². The average Bonchev–Trinajstić information content (AvgIpc) is 2.57. The molecule has 5 nitrogen and oxygen atoms in total. The maximum absolute atomic E-state index is 12.6. The predicted octanol–water partition coefficient (Wildman–Crippen LogP) is 2.22. The zero-order valence-corrected chi connectivity index (χ0v) is 17.6. The number of halogens is 2. The van der Waals surface area contributed by atoms with Gasteiger partial charge in [-0.1, -0.05) is 35.3 Å². The van der Waals surface area contributed by atoms with Gasteiger partial charge in [-0.3, -0.25) is 0 Å². The van der Waals surface area contributed by atoms with E-state index < -0.39 is 10.0 Å². The van der Waals surface area contributed by atoms with Gasteiger partial charge in [0.2, 0.25) is 10.0 Å². The van der Waals surface area contributed by atoms with Crippen molar-refractivity contribution in [3.63, 3.8) is 0 Å². The molecule has 142 valence electrons. The molecule has 2 aromatic carbocycles. The largest absolute Gasteiger partial charge is 0.378 e. The molecule has 2 rings (SSSR count). The maximum Gasteiger partial charge on any atom is 0.242 e. The fourth-order valence-corrected chi connectivity index (χ4v) is 4.42. The van der Waals surface area contributed by atoms with E-state index in [1.54, 1.807) is 6.07 Å². The van der Waals surface area contributed by atoms with Gasteiger partial charge in [0.1, 0.15) is 10.9 Å². The zero-order chi connectivity index (χ0) is 19.5. The van der Waals surface area contributed by atoms with Gasteiger partial charge in [-0.2, -0.15) is 0 Å². The Morgan fingerprint density at radius 2 is 1.69 bits per heavy atom. The number of quaternary nitrogens is 1. The fraction of sp³-hybridized carbons (Fsp3) is 0.333. The van der Waals surface area contributed by atoms with Crippen molar-refractivity contribution in [2.24, 2.45) is 0 Å². The van der Waals surface area contributed by atoms with E-state index >= 15 is 0 Å². The van der Waals surface area contributed by atoms with Gasteiger partial charge in [-0.25, -0.2) is 13.1 Å². The third-order valence-electron chi connectivity index (χ3n) is 4.17. The van der Waals surface area contributed by atoms with E-state index in [1.807, 2.05) is 57.4 Å². The van der Waals surface area contributed by atoms with Gasteiger partial charge in [-0.05, 0) is 30.3 Å². The van der Waals surface area contributed by atoms with E-state index in [2.05, 4.69) is 4.72 Å². The van der Waals surface area contributed by atoms with E-state index in [0.29, 0.717) is 5.02 Å². The molecule has 0 saturated carbocycles. The summed E-state index contributed by atoms with van der Waals surface area (Å²) in [6.07, 6.45) is 0. The molecule has 0 aromatic heterocycles. The summed E-state index contributed by atoms with van der Waals surface area (Å²) in [6.45, 7) is 0.245. The lowest BCUT2D eigenvalue weighted by Crippen LogP contribution is -3.07. The van der Waals surface area contributed by atoms with E-state index in [1.165, 1.54) is 12.1 Å². The quantitative estimate of drug-likeness (QED) is 0.727. The molecule has 0 radical (unpaired) electrons. The Morgan fingerprint density at radius 3 is 2.23 bits per heavy atom. The van der Waals surface area contributed by atoms with Gasteiger partial charge < -0.3 is 9.80 Å². The number of anilines is 1. The van der Waals surface area contributed by atoms with Crippen molar-refractivity contribution in [2.45, 2.75) is 10.9 Å². The van der Waals surface area contributed by atoms with Crippen molar-refractivity contribution in [1.82, 2.24) is 4.72 Å². The zero-order valence-electron chi connectivity index (χ0n) is 15.3. The van der Waals surface area contributed by atoms with E-state index in [-0.39, 0.29) is 22.5 Å². The second-order valence-corrected chi connectivity index (χ2v) is 9.12. The first kappa shape index (κ1) is 21.0. The summed E-state index contributed by atoms with van der Waals surface area (Å²) in [7, 11) is 4.18. The monoisotopic (exact) mass is 416 g/mol. The Kier molecular flexibility index (Phi) is 6.93. The van der Waals surface area contributed by atoms with Crippen LogP contribution in [-0.2, 0) is 10.0 Å². The molecule has 0 amide bonds. The second kappa shape index (κ2) is 8.59. The molecule has 0 unspecified atom stereocenters. The number of nitrogens with zero attached hydrogens (tertiary/aromatic N) is 1. The Labute approximate surface area is 165 Å². The van der Waals surface area contributed by atoms with Crippen LogP contribution in [0.15, 0.2) is 47.4 Å². The first-order valence-electron chi connectivity index (χ1n) is 8.14. The minimum atomic E-state index is -3.76. The van der Waals surface area contributed by atoms with Crippen LogP contribution in [0.2, 0.25) is 10.0 Å². The van der Waals surface area contributed by atoms with Gasteiger partial charge in [0.05, 0.1) is 25.7 Å². The number of nitrogens with one attached hydrogen (secondary N) is 2. The molecule has 0 fully saturated rings. The molecule has 0 bridgehead atoms. The fourth-order valence-electron chi connectivity index (χ4n) is 2.61. The number of hydrogen-bond acceptors (Lipinski definition) is 3. The molecule has 26 heavy (non-hydrogen) atoms. The number of rotatable bonds is 7. The van der Waals surface area contributed by atoms with Crippen LogP contribution in [0.3, 0.4) is 0 Å². The average molecular weight is 417 g/mol. The van der Waals surface area contributed by atoms with E-state index in [0.717, 1.165) is 16.2 Å². The normalized spacial score (nSPS) is 13.0. The van der Waals surface area contributed by atoms with Crippen molar-refractivity contribution < 1.29 is 13.3 Å². The van der Waals surface area contributed by atoms with Crippen molar-refractivity contribution >= 4 is 38.9 Å². The molecule has 0 spiro atoms. The summed E-state index contributed by atoms with van der Waals surface area (Å²) in [5, 5.41) is 0.467. The minimum absolute atomic E-state index is 0.0119. The minimum Gasteiger partial charge on any atom is -0.378 e. The highest BCUT2D eigenvalue weighted by Crippen LogP contribution is 2.25. The first-order chi connectivity index (χ1) is 12.1. The van der Waals surface area contributed by atoms with Gasteiger partial charge in [0, 0.05) is 30.4 Å². The highest BCUT2D eigenvalue weighted by atomic mass is 35.5. The lowest BCUT2D eigenvalue weighted by molar-refractivity contribution is -0.890. The molecule has 0 aliphatic heterocycles. The third-order valence-corrected chi connectivity index (χ3v) is 6.31. The van der Waals surface area contributed by atoms with E-state index in [9.17, 15) is 8.42 Å². The molecule has 8 heteroatoms. The number of benzene rings is 2. The smallest absolute Gasteiger partial charge is 0.242 e. The van der Waals surface area contributed by atoms with Crippen molar-refractivity contribution in [1.29, 1.82) is 0 Å². The molecule has 0 aliphatic rings. The summed E-state index contributed by atoms with van der Waals surface area (Å²) in [5.41, 5.74) is 2.14. The Bertz CT molecular complexity index is 853. The van der Waals surface area contributed by atoms with Crippen LogP contribution in [0.4, 0.5) is 5.69 Å². The van der Waals surface area contributed by atoms with E-state index in [4.69, 9.17) is 23.2 Å². The highest BCUT2D eigenvalue weighted by Gasteiger charge is 2.24. The molecule has 0 aliphatic carbocycles. The Morgan fingerprint density at radius 1 is 1.08 bits per heavy atom. The lowest BCUT2D eigenvalue weighted by atomic mass is 10.1. The predicted molar refractivity (Wildman–Crippen MR) is 108 cm³/mol. The summed E-state index contributed by atoms with van der Waals surface area (Å²) in [5.74, 6) is 0. The molecule has 2 aromatic rings. The summed E-state index contributed by atoms with van der Waals surface area (Å²) in [4.78, 5) is 3.12. The van der Waals surface area contributed by atoms with Crippen LogP contribution in [0.1, 0.15) is 11.6 Å². The standard InChI is InChI=1S/C18H23Cl2N3O2S/c1-22(2)15-8-5-13(6-9-15)17(23(3)4)12-21-26(24,25)18-11-14(19)7-10-16(18)20/h5-11,17,21H,12H2,1-4H3/p+1/t17-/m0/s1. The van der Waals surface area contributed by atoms with Gasteiger partial charge in [0.25, 0.3) is 0 Å². The first-order valence-corrected chi connectivity index (χ1v) is 10.4. The summed E-state index contributed by atoms with van der Waals surface area (Å²) in [6, 6.07) is 12.4. The second-order valence-electron chi connectivity index (χ2n) is 6.54. The van der Waals surface area contributed by atoms with Gasteiger partial charge in [0.15, 0.2) is 0 Å². The Balaban J connectivity index is 2.21. The molecule has 2 N–H and O–H groups in total.